The lowest BCUT2D eigenvalue weighted by atomic mass is 9.69. The molecular weight excluding hydrogens is 889 g/mol. The molecule has 5 fully saturated rings. The van der Waals surface area contributed by atoms with E-state index in [4.69, 9.17) is 0 Å². The first-order valence-electron chi connectivity index (χ1n) is 28.3. The highest BCUT2D eigenvalue weighted by molar-refractivity contribution is 5.94. The van der Waals surface area contributed by atoms with Gasteiger partial charge in [0.15, 0.2) is 0 Å². The molecule has 71 heavy (non-hydrogen) atoms. The number of benzene rings is 2. The Labute approximate surface area is 424 Å². The molecule has 7 aliphatic rings. The van der Waals surface area contributed by atoms with Crippen LogP contribution < -0.4 is 31.9 Å². The number of amides is 5. The fourth-order valence-electron chi connectivity index (χ4n) is 14.6. The van der Waals surface area contributed by atoms with E-state index in [1.807, 2.05) is 20.9 Å². The molecule has 0 bridgehead atoms. The number of likely N-dealkylation sites (N-methyl/N-ethyl adjacent to an activating group) is 2. The molecular formula is C58H86N8O5. The molecule has 10 atom stereocenters. The quantitative estimate of drug-likeness (QED) is 0.103. The molecule has 13 heteroatoms. The molecule has 2 aromatic carbocycles. The van der Waals surface area contributed by atoms with Crippen molar-refractivity contribution in [3.8, 4) is 0 Å². The predicted octanol–water partition coefficient (Wildman–Crippen LogP) is 6.65. The van der Waals surface area contributed by atoms with Crippen LogP contribution >= 0.6 is 0 Å². The van der Waals surface area contributed by atoms with Gasteiger partial charge in [0.05, 0.1) is 30.2 Å². The number of hydrogen-bond acceptors (Lipinski definition) is 8. The summed E-state index contributed by atoms with van der Waals surface area (Å²) in [5, 5.41) is 19.9. The second kappa shape index (κ2) is 23.7. The molecule has 0 spiro atoms. The number of nitrogens with zero attached hydrogens (tertiary/aromatic N) is 2. The molecule has 2 saturated heterocycles. The van der Waals surface area contributed by atoms with Crippen LogP contribution in [0.25, 0.3) is 0 Å². The van der Waals surface area contributed by atoms with Gasteiger partial charge in [0.1, 0.15) is 12.1 Å². The minimum absolute atomic E-state index is 0.0287. The first kappa shape index (κ1) is 51.6. The fourth-order valence-corrected chi connectivity index (χ4v) is 14.6. The molecule has 3 saturated carbocycles. The molecule has 5 aliphatic carbocycles. The predicted molar refractivity (Wildman–Crippen MR) is 278 cm³/mol. The van der Waals surface area contributed by atoms with Crippen molar-refractivity contribution in [3.05, 3.63) is 70.8 Å². The molecule has 2 heterocycles. The molecule has 0 unspecified atom stereocenters. The molecule has 13 nitrogen and oxygen atoms in total. The van der Waals surface area contributed by atoms with E-state index < -0.39 is 18.1 Å². The van der Waals surface area contributed by atoms with Crippen LogP contribution in [0.5, 0.6) is 0 Å². The zero-order chi connectivity index (χ0) is 49.6. The van der Waals surface area contributed by atoms with Crippen LogP contribution in [-0.2, 0) is 36.8 Å². The summed E-state index contributed by atoms with van der Waals surface area (Å²) >= 11 is 0. The van der Waals surface area contributed by atoms with Crippen molar-refractivity contribution in [3.63, 3.8) is 0 Å². The zero-order valence-electron chi connectivity index (χ0n) is 43.4. The van der Waals surface area contributed by atoms with Crippen molar-refractivity contribution < 1.29 is 24.0 Å². The Morgan fingerprint density at radius 2 is 1.03 bits per heavy atom. The first-order chi connectivity index (χ1) is 34.5. The topological polar surface area (TPSA) is 164 Å². The van der Waals surface area contributed by atoms with Gasteiger partial charge in [-0.3, -0.25) is 28.9 Å². The molecule has 9 rings (SSSR count). The zero-order valence-corrected chi connectivity index (χ0v) is 43.4. The van der Waals surface area contributed by atoms with E-state index in [0.717, 1.165) is 109 Å². The number of carbonyl (C=O) groups excluding carboxylic acids is 5. The van der Waals surface area contributed by atoms with Crippen molar-refractivity contribution in [2.24, 2.45) is 35.5 Å². The van der Waals surface area contributed by atoms with Crippen molar-refractivity contribution in [2.45, 2.75) is 191 Å². The molecule has 0 aromatic heterocycles. The lowest BCUT2D eigenvalue weighted by molar-refractivity contribution is -0.143. The van der Waals surface area contributed by atoms with Crippen LogP contribution in [0, 0.1) is 35.5 Å². The second-order valence-corrected chi connectivity index (χ2v) is 23.0. The van der Waals surface area contributed by atoms with Gasteiger partial charge in [0.25, 0.3) is 0 Å². The van der Waals surface area contributed by atoms with Crippen molar-refractivity contribution >= 4 is 29.5 Å². The standard InChI is InChI=1S/C58H86N8O5/c1-36(59-3)54(67)61-48(40-17-7-5-8-18-40)35-65-31-15-25-49(65)56(69)63-52-44-23-13-11-21-42(44)33-46(52)38-27-29-39(30-28-38)47-34-43-22-12-14-24-45(43)53(47)64-57(70)50-26-16-32-66(50)58(71)51(41-19-9-6-10-20-41)62-55(68)37(2)60-4/h11-14,21-24,36-41,46-53,59-60H,5-10,15-20,25-35H2,1-4H3,(H,61,67)(H,62,68)(H,63,69)(H,64,70)/t36-,37-,38?,39?,46-,47-,48+,49-,50-,51-,52-,53-/m0/s1. The fraction of sp³-hybridized carbons (Fsp3) is 0.707. The summed E-state index contributed by atoms with van der Waals surface area (Å²) in [5.41, 5.74) is 5.12. The van der Waals surface area contributed by atoms with Gasteiger partial charge in [-0.15, -0.1) is 0 Å². The van der Waals surface area contributed by atoms with Crippen LogP contribution in [0.4, 0.5) is 0 Å². The van der Waals surface area contributed by atoms with Crippen LogP contribution in [0.2, 0.25) is 0 Å². The minimum Gasteiger partial charge on any atom is -0.350 e. The van der Waals surface area contributed by atoms with Crippen molar-refractivity contribution in [1.82, 2.24) is 41.7 Å². The number of likely N-dealkylation sites (tertiary alicyclic amines) is 2. The van der Waals surface area contributed by atoms with Gasteiger partial charge >= 0.3 is 0 Å². The average Bonchev–Trinajstić information content (AvgIpc) is 4.24. The van der Waals surface area contributed by atoms with E-state index in [2.05, 4.69) is 85.3 Å². The second-order valence-electron chi connectivity index (χ2n) is 23.0. The third kappa shape index (κ3) is 11.6. The summed E-state index contributed by atoms with van der Waals surface area (Å²) in [6, 6.07) is 15.1. The highest BCUT2D eigenvalue weighted by Gasteiger charge is 2.47. The van der Waals surface area contributed by atoms with Crippen LogP contribution in [0.1, 0.15) is 164 Å². The number of rotatable bonds is 17. The number of nitrogens with one attached hydrogen (secondary N) is 6. The Balaban J connectivity index is 0.857. The summed E-state index contributed by atoms with van der Waals surface area (Å²) in [4.78, 5) is 74.5. The Morgan fingerprint density at radius 1 is 0.549 bits per heavy atom. The Kier molecular flexibility index (Phi) is 17.2. The number of fused-ring (bicyclic) bond motifs is 2. The summed E-state index contributed by atoms with van der Waals surface area (Å²) < 4.78 is 0. The van der Waals surface area contributed by atoms with Gasteiger partial charge in [-0.2, -0.15) is 0 Å². The van der Waals surface area contributed by atoms with Crippen molar-refractivity contribution in [2.75, 3.05) is 33.7 Å². The smallest absolute Gasteiger partial charge is 0.246 e. The maximum atomic E-state index is 14.7. The molecule has 0 radical (unpaired) electrons. The number of hydrogen-bond donors (Lipinski definition) is 6. The van der Waals surface area contributed by atoms with E-state index in [1.54, 1.807) is 11.9 Å². The Hall–Kier alpha value is -4.33. The number of carbonyl (C=O) groups is 5. The molecule has 5 amide bonds. The van der Waals surface area contributed by atoms with Gasteiger partial charge in [0, 0.05) is 19.1 Å². The van der Waals surface area contributed by atoms with E-state index >= 15 is 0 Å². The summed E-state index contributed by atoms with van der Waals surface area (Å²) in [5.74, 6) is 1.77. The maximum Gasteiger partial charge on any atom is 0.246 e. The largest absolute Gasteiger partial charge is 0.350 e. The van der Waals surface area contributed by atoms with E-state index in [9.17, 15) is 24.0 Å². The molecule has 388 valence electrons. The lowest BCUT2D eigenvalue weighted by Crippen LogP contribution is -2.58. The highest BCUT2D eigenvalue weighted by atomic mass is 16.2. The molecule has 2 aromatic rings. The van der Waals surface area contributed by atoms with Crippen LogP contribution in [0.15, 0.2) is 48.5 Å². The summed E-state index contributed by atoms with van der Waals surface area (Å²) in [6.45, 7) is 5.82. The van der Waals surface area contributed by atoms with Crippen LogP contribution in [-0.4, -0.2) is 109 Å². The normalized spacial score (nSPS) is 29.9. The SMILES string of the molecule is CN[C@@H](C)C(=O)N[C@H](C(=O)N1CCC[C@H]1C(=O)N[C@H]1c2ccccc2C[C@H]1C1CCC([C@@H]2Cc3ccccc3[C@@H]2NC(=O)[C@@H]2CCCN2C[C@@H](NC(=O)[C@H](C)NC)C2CCCCC2)CC1)C1CCCCC1. The van der Waals surface area contributed by atoms with Gasteiger partial charge in [0.2, 0.25) is 29.5 Å². The Morgan fingerprint density at radius 3 is 1.58 bits per heavy atom. The third-order valence-electron chi connectivity index (χ3n) is 19.0. The monoisotopic (exact) mass is 975 g/mol. The van der Waals surface area contributed by atoms with Gasteiger partial charge in [-0.1, -0.05) is 87.1 Å². The summed E-state index contributed by atoms with van der Waals surface area (Å²) in [6.07, 6.45) is 20.3. The highest BCUT2D eigenvalue weighted by Crippen LogP contribution is 2.50. The molecule has 6 N–H and O–H groups in total. The minimum atomic E-state index is -0.628. The van der Waals surface area contributed by atoms with E-state index in [-0.39, 0.29) is 71.6 Å². The maximum absolute atomic E-state index is 14.7. The lowest BCUT2D eigenvalue weighted by Gasteiger charge is -2.40. The van der Waals surface area contributed by atoms with Gasteiger partial charge in [-0.25, -0.2) is 0 Å². The Bertz CT molecular complexity index is 2170. The van der Waals surface area contributed by atoms with Crippen molar-refractivity contribution in [1.29, 1.82) is 0 Å². The van der Waals surface area contributed by atoms with Gasteiger partial charge in [-0.05, 0) is 182 Å². The van der Waals surface area contributed by atoms with Gasteiger partial charge < -0.3 is 36.8 Å². The first-order valence-corrected chi connectivity index (χ1v) is 28.3. The average molecular weight is 975 g/mol. The van der Waals surface area contributed by atoms with Crippen LogP contribution in [0.3, 0.4) is 0 Å². The molecule has 2 aliphatic heterocycles. The summed E-state index contributed by atoms with van der Waals surface area (Å²) in [7, 11) is 3.58. The third-order valence-corrected chi connectivity index (χ3v) is 19.0. The van der Waals surface area contributed by atoms with E-state index in [0.29, 0.717) is 43.2 Å². The van der Waals surface area contributed by atoms with E-state index in [1.165, 1.54) is 41.5 Å².